The van der Waals surface area contributed by atoms with Gasteiger partial charge in [-0.3, -0.25) is 9.69 Å². The van der Waals surface area contributed by atoms with Gasteiger partial charge in [0.1, 0.15) is 5.75 Å². The van der Waals surface area contributed by atoms with Crippen molar-refractivity contribution in [2.24, 2.45) is 5.92 Å². The number of piperidine rings is 1. The number of benzene rings is 1. The number of carbonyl (C=O) groups is 1. The maximum atomic E-state index is 12.5. The zero-order valence-electron chi connectivity index (χ0n) is 13.9. The van der Waals surface area contributed by atoms with Crippen molar-refractivity contribution in [3.63, 3.8) is 0 Å². The van der Waals surface area contributed by atoms with Gasteiger partial charge < -0.3 is 14.9 Å². The number of hydrogen-bond donors (Lipinski definition) is 1. The highest BCUT2D eigenvalue weighted by molar-refractivity contribution is 5.78. The lowest BCUT2D eigenvalue weighted by molar-refractivity contribution is -0.133. The molecule has 0 radical (unpaired) electrons. The van der Waals surface area contributed by atoms with Crippen molar-refractivity contribution < 1.29 is 9.90 Å². The van der Waals surface area contributed by atoms with E-state index in [1.807, 2.05) is 17.0 Å². The summed E-state index contributed by atoms with van der Waals surface area (Å²) in [7, 11) is 0. The molecule has 3 rings (SSSR count). The number of nitrogens with zero attached hydrogens (tertiary/aromatic N) is 3. The van der Waals surface area contributed by atoms with Gasteiger partial charge in [0.2, 0.25) is 5.91 Å². The number of phenolic OH excluding ortho intramolecular Hbond substituents is 1. The van der Waals surface area contributed by atoms with E-state index in [0.29, 0.717) is 18.2 Å². The van der Waals surface area contributed by atoms with Gasteiger partial charge in [-0.25, -0.2) is 0 Å². The predicted molar refractivity (Wildman–Crippen MR) is 91.7 cm³/mol. The Morgan fingerprint density at radius 2 is 1.83 bits per heavy atom. The van der Waals surface area contributed by atoms with E-state index in [9.17, 15) is 9.90 Å². The summed E-state index contributed by atoms with van der Waals surface area (Å²) >= 11 is 0. The number of carbonyl (C=O) groups excluding carboxylic acids is 1. The third-order valence-corrected chi connectivity index (χ3v) is 4.95. The Bertz CT molecular complexity index is 524. The zero-order chi connectivity index (χ0) is 16.2. The molecule has 23 heavy (non-hydrogen) atoms. The van der Waals surface area contributed by atoms with Crippen molar-refractivity contribution in [2.75, 3.05) is 50.7 Å². The fraction of sp³-hybridized carbons (Fsp3) is 0.611. The van der Waals surface area contributed by atoms with Crippen LogP contribution < -0.4 is 4.90 Å². The summed E-state index contributed by atoms with van der Waals surface area (Å²) < 4.78 is 0. The third kappa shape index (κ3) is 4.16. The van der Waals surface area contributed by atoms with Gasteiger partial charge in [0.25, 0.3) is 0 Å². The fourth-order valence-corrected chi connectivity index (χ4v) is 3.60. The van der Waals surface area contributed by atoms with Gasteiger partial charge in [-0.05, 0) is 49.6 Å². The Hall–Kier alpha value is -1.75. The Morgan fingerprint density at radius 3 is 2.48 bits per heavy atom. The smallest absolute Gasteiger partial charge is 0.236 e. The van der Waals surface area contributed by atoms with Crippen molar-refractivity contribution in [1.29, 1.82) is 0 Å². The second kappa shape index (κ2) is 7.21. The summed E-state index contributed by atoms with van der Waals surface area (Å²) in [5, 5.41) is 9.37. The first kappa shape index (κ1) is 16.1. The van der Waals surface area contributed by atoms with Crippen LogP contribution in [0.5, 0.6) is 5.75 Å². The van der Waals surface area contributed by atoms with Crippen molar-refractivity contribution >= 4 is 11.6 Å². The maximum Gasteiger partial charge on any atom is 0.236 e. The van der Waals surface area contributed by atoms with E-state index in [-0.39, 0.29) is 5.91 Å². The van der Waals surface area contributed by atoms with Gasteiger partial charge in [0.15, 0.2) is 0 Å². The molecule has 0 unspecified atom stereocenters. The first-order valence-corrected chi connectivity index (χ1v) is 8.66. The lowest BCUT2D eigenvalue weighted by atomic mass is 10.0. The minimum Gasteiger partial charge on any atom is -0.508 e. The van der Waals surface area contributed by atoms with Gasteiger partial charge in [-0.1, -0.05) is 6.92 Å². The molecule has 0 aromatic heterocycles. The SMILES string of the molecule is C[C@@H]1CCCN(CC(=O)N2CCN(c3ccc(O)cc3)CC2)C1. The molecule has 0 saturated carbocycles. The Balaban J connectivity index is 1.48. The molecule has 0 spiro atoms. The third-order valence-electron chi connectivity index (χ3n) is 4.95. The maximum absolute atomic E-state index is 12.5. The number of piperazine rings is 1. The lowest BCUT2D eigenvalue weighted by Crippen LogP contribution is -2.52. The van der Waals surface area contributed by atoms with Crippen LogP contribution in [0.15, 0.2) is 24.3 Å². The second-order valence-corrected chi connectivity index (χ2v) is 6.87. The first-order valence-electron chi connectivity index (χ1n) is 8.66. The molecule has 2 saturated heterocycles. The minimum absolute atomic E-state index is 0.268. The summed E-state index contributed by atoms with van der Waals surface area (Å²) in [6.45, 7) is 8.23. The van der Waals surface area contributed by atoms with Crippen LogP contribution >= 0.6 is 0 Å². The molecular formula is C18H27N3O2. The van der Waals surface area contributed by atoms with Crippen LogP contribution in [-0.4, -0.2) is 66.6 Å². The Kier molecular flexibility index (Phi) is 5.06. The van der Waals surface area contributed by atoms with Gasteiger partial charge >= 0.3 is 0 Å². The first-order chi connectivity index (χ1) is 11.1. The van der Waals surface area contributed by atoms with Gasteiger partial charge in [-0.15, -0.1) is 0 Å². The number of anilines is 1. The molecule has 0 aliphatic carbocycles. The highest BCUT2D eigenvalue weighted by Crippen LogP contribution is 2.20. The molecule has 2 aliphatic rings. The summed E-state index contributed by atoms with van der Waals surface area (Å²) in [5.74, 6) is 1.27. The van der Waals surface area contributed by atoms with Crippen LogP contribution in [0, 0.1) is 5.92 Å². The molecule has 1 N–H and O–H groups in total. The van der Waals surface area contributed by atoms with E-state index in [1.54, 1.807) is 12.1 Å². The zero-order valence-corrected chi connectivity index (χ0v) is 13.9. The van der Waals surface area contributed by atoms with Crippen LogP contribution in [0.1, 0.15) is 19.8 Å². The Morgan fingerprint density at radius 1 is 1.13 bits per heavy atom. The van der Waals surface area contributed by atoms with Crippen molar-refractivity contribution in [3.8, 4) is 5.75 Å². The average molecular weight is 317 g/mol. The van der Waals surface area contributed by atoms with Crippen molar-refractivity contribution in [2.45, 2.75) is 19.8 Å². The normalized spacial score (nSPS) is 23.1. The summed E-state index contributed by atoms with van der Waals surface area (Å²) in [6.07, 6.45) is 2.50. The van der Waals surface area contributed by atoms with E-state index < -0.39 is 0 Å². The Labute approximate surface area is 138 Å². The second-order valence-electron chi connectivity index (χ2n) is 6.87. The lowest BCUT2D eigenvalue weighted by Gasteiger charge is -2.38. The van der Waals surface area contributed by atoms with E-state index in [1.165, 1.54) is 12.8 Å². The van der Waals surface area contributed by atoms with E-state index >= 15 is 0 Å². The van der Waals surface area contributed by atoms with Crippen molar-refractivity contribution in [3.05, 3.63) is 24.3 Å². The van der Waals surface area contributed by atoms with Crippen LogP contribution in [0.3, 0.4) is 0 Å². The fourth-order valence-electron chi connectivity index (χ4n) is 3.60. The monoisotopic (exact) mass is 317 g/mol. The molecule has 2 fully saturated rings. The minimum atomic E-state index is 0.268. The molecule has 1 aromatic rings. The largest absolute Gasteiger partial charge is 0.508 e. The molecule has 1 amide bonds. The molecule has 2 heterocycles. The topological polar surface area (TPSA) is 47.0 Å². The molecule has 5 nitrogen and oxygen atoms in total. The standard InChI is InChI=1S/C18H27N3O2/c1-15-3-2-8-19(13-15)14-18(23)21-11-9-20(10-12-21)16-4-6-17(22)7-5-16/h4-7,15,22H,2-3,8-14H2,1H3/t15-/m1/s1. The van der Waals surface area contributed by atoms with Crippen LogP contribution in [0.25, 0.3) is 0 Å². The summed E-state index contributed by atoms with van der Waals surface area (Å²) in [5.41, 5.74) is 1.11. The molecular weight excluding hydrogens is 290 g/mol. The molecule has 5 heteroatoms. The number of phenols is 1. The highest BCUT2D eigenvalue weighted by atomic mass is 16.3. The predicted octanol–water partition coefficient (Wildman–Crippen LogP) is 1.77. The average Bonchev–Trinajstić information content (AvgIpc) is 2.56. The molecule has 2 aliphatic heterocycles. The van der Waals surface area contributed by atoms with Gasteiger partial charge in [0.05, 0.1) is 6.54 Å². The highest BCUT2D eigenvalue weighted by Gasteiger charge is 2.24. The van der Waals surface area contributed by atoms with Crippen LogP contribution in [0.4, 0.5) is 5.69 Å². The van der Waals surface area contributed by atoms with Gasteiger partial charge in [-0.2, -0.15) is 0 Å². The van der Waals surface area contributed by atoms with E-state index in [2.05, 4.69) is 16.7 Å². The number of amides is 1. The summed E-state index contributed by atoms with van der Waals surface area (Å²) in [6, 6.07) is 7.29. The van der Waals surface area contributed by atoms with E-state index in [4.69, 9.17) is 0 Å². The van der Waals surface area contributed by atoms with E-state index in [0.717, 1.165) is 45.0 Å². The number of aromatic hydroxyl groups is 1. The van der Waals surface area contributed by atoms with Crippen molar-refractivity contribution in [1.82, 2.24) is 9.80 Å². The number of rotatable bonds is 3. The van der Waals surface area contributed by atoms with Crippen LogP contribution in [-0.2, 0) is 4.79 Å². The molecule has 0 bridgehead atoms. The quantitative estimate of drug-likeness (QED) is 0.923. The molecule has 126 valence electrons. The number of likely N-dealkylation sites (tertiary alicyclic amines) is 1. The summed E-state index contributed by atoms with van der Waals surface area (Å²) in [4.78, 5) is 19.1. The van der Waals surface area contributed by atoms with Crippen LogP contribution in [0.2, 0.25) is 0 Å². The van der Waals surface area contributed by atoms with Gasteiger partial charge in [0, 0.05) is 38.4 Å². The molecule has 1 atom stereocenters. The number of hydrogen-bond acceptors (Lipinski definition) is 4. The molecule has 1 aromatic carbocycles.